The van der Waals surface area contributed by atoms with E-state index in [1.165, 1.54) is 0 Å². The van der Waals surface area contributed by atoms with Crippen molar-refractivity contribution in [3.63, 3.8) is 0 Å². The zero-order valence-electron chi connectivity index (χ0n) is 11.9. The summed E-state index contributed by atoms with van der Waals surface area (Å²) in [6.45, 7) is 0.288. The van der Waals surface area contributed by atoms with Crippen LogP contribution in [-0.4, -0.2) is 29.6 Å². The molecule has 7 heteroatoms. The van der Waals surface area contributed by atoms with Crippen LogP contribution in [0.2, 0.25) is 10.0 Å². The van der Waals surface area contributed by atoms with Crippen LogP contribution in [0.15, 0.2) is 18.2 Å². The Morgan fingerprint density at radius 3 is 2.64 bits per heavy atom. The van der Waals surface area contributed by atoms with Gasteiger partial charge < -0.3 is 15.7 Å². The third-order valence-corrected chi connectivity index (χ3v) is 4.62. The van der Waals surface area contributed by atoms with Gasteiger partial charge in [-0.15, -0.1) is 0 Å². The van der Waals surface area contributed by atoms with Crippen LogP contribution in [-0.2, 0) is 9.59 Å². The van der Waals surface area contributed by atoms with E-state index in [1.807, 2.05) is 0 Å². The molecule has 1 fully saturated rings. The van der Waals surface area contributed by atoms with Gasteiger partial charge in [0, 0.05) is 12.5 Å². The van der Waals surface area contributed by atoms with E-state index in [4.69, 9.17) is 23.2 Å². The molecule has 0 aliphatic heterocycles. The molecule has 1 saturated carbocycles. The third-order valence-electron chi connectivity index (χ3n) is 3.80. The summed E-state index contributed by atoms with van der Waals surface area (Å²) in [6, 6.07) is 4.77. The molecule has 5 nitrogen and oxygen atoms in total. The molecule has 0 aromatic heterocycles. The monoisotopic (exact) mass is 344 g/mol. The Balaban J connectivity index is 1.87. The first-order valence-corrected chi connectivity index (χ1v) is 7.96. The zero-order valence-corrected chi connectivity index (χ0v) is 13.5. The van der Waals surface area contributed by atoms with Crippen molar-refractivity contribution in [1.82, 2.24) is 5.32 Å². The number of carbonyl (C=O) groups is 2. The van der Waals surface area contributed by atoms with E-state index in [-0.39, 0.29) is 23.2 Å². The van der Waals surface area contributed by atoms with Gasteiger partial charge in [-0.05, 0) is 25.0 Å². The molecule has 1 aliphatic rings. The molecule has 3 N–H and O–H groups in total. The normalized spacial score (nSPS) is 21.2. The highest BCUT2D eigenvalue weighted by Crippen LogP contribution is 2.29. The van der Waals surface area contributed by atoms with Crippen molar-refractivity contribution in [2.75, 3.05) is 11.9 Å². The lowest BCUT2D eigenvalue weighted by atomic mass is 9.86. The van der Waals surface area contributed by atoms with Crippen LogP contribution in [0, 0.1) is 5.92 Å². The summed E-state index contributed by atoms with van der Waals surface area (Å²) >= 11 is 11.8. The standard InChI is InChI=1S/C15H18Cl2N2O3/c16-10-5-3-6-11(13(10)17)19-15(22)14(21)18-8-9-4-1-2-7-12(9)20/h3,5-6,9,12,20H,1-2,4,7-8H2,(H,18,21)(H,19,22)/t9-,12-/m0/s1. The minimum absolute atomic E-state index is 0.000239. The van der Waals surface area contributed by atoms with Crippen molar-refractivity contribution in [1.29, 1.82) is 0 Å². The van der Waals surface area contributed by atoms with Crippen LogP contribution >= 0.6 is 23.2 Å². The molecule has 2 rings (SSSR count). The second-order valence-corrected chi connectivity index (χ2v) is 6.16. The van der Waals surface area contributed by atoms with Gasteiger partial charge >= 0.3 is 11.8 Å². The van der Waals surface area contributed by atoms with Crippen molar-refractivity contribution < 1.29 is 14.7 Å². The highest BCUT2D eigenvalue weighted by molar-refractivity contribution is 6.45. The molecule has 22 heavy (non-hydrogen) atoms. The molecule has 1 aromatic carbocycles. The lowest BCUT2D eigenvalue weighted by Gasteiger charge is -2.27. The van der Waals surface area contributed by atoms with Gasteiger partial charge in [0.2, 0.25) is 0 Å². The van der Waals surface area contributed by atoms with Crippen molar-refractivity contribution in [3.05, 3.63) is 28.2 Å². The molecule has 0 radical (unpaired) electrons. The summed E-state index contributed by atoms with van der Waals surface area (Å²) in [6.07, 6.45) is 3.20. The molecule has 2 atom stereocenters. The van der Waals surface area contributed by atoms with Crippen LogP contribution in [0.25, 0.3) is 0 Å². The Labute approximate surface area is 139 Å². The number of benzene rings is 1. The van der Waals surface area contributed by atoms with Gasteiger partial charge in [-0.3, -0.25) is 9.59 Å². The summed E-state index contributed by atoms with van der Waals surface area (Å²) in [5.74, 6) is -1.57. The van der Waals surface area contributed by atoms with Gasteiger partial charge in [-0.2, -0.15) is 0 Å². The number of rotatable bonds is 3. The minimum Gasteiger partial charge on any atom is -0.393 e. The molecule has 1 aromatic rings. The van der Waals surface area contributed by atoms with E-state index in [2.05, 4.69) is 10.6 Å². The maximum absolute atomic E-state index is 11.8. The molecule has 0 spiro atoms. The quantitative estimate of drug-likeness (QED) is 0.737. The molecule has 0 heterocycles. The molecule has 2 amide bonds. The number of amides is 2. The highest BCUT2D eigenvalue weighted by Gasteiger charge is 2.24. The molecule has 0 unspecified atom stereocenters. The molecule has 120 valence electrons. The Bertz CT molecular complexity index is 566. The number of hydrogen-bond donors (Lipinski definition) is 3. The number of hydrogen-bond acceptors (Lipinski definition) is 3. The van der Waals surface area contributed by atoms with Gasteiger partial charge in [0.05, 0.1) is 21.8 Å². The van der Waals surface area contributed by atoms with Gasteiger partial charge in [0.25, 0.3) is 0 Å². The molecular weight excluding hydrogens is 327 g/mol. The Kier molecular flexibility index (Phi) is 6.06. The van der Waals surface area contributed by atoms with Crippen LogP contribution in [0.5, 0.6) is 0 Å². The predicted octanol–water partition coefficient (Wildman–Crippen LogP) is 2.60. The lowest BCUT2D eigenvalue weighted by Crippen LogP contribution is -2.41. The number of nitrogens with one attached hydrogen (secondary N) is 2. The van der Waals surface area contributed by atoms with Crippen LogP contribution in [0.1, 0.15) is 25.7 Å². The fraction of sp³-hybridized carbons (Fsp3) is 0.467. The van der Waals surface area contributed by atoms with E-state index in [0.717, 1.165) is 25.7 Å². The van der Waals surface area contributed by atoms with Crippen LogP contribution in [0.3, 0.4) is 0 Å². The topological polar surface area (TPSA) is 78.4 Å². The van der Waals surface area contributed by atoms with Gasteiger partial charge in [0.1, 0.15) is 0 Å². The largest absolute Gasteiger partial charge is 0.393 e. The third kappa shape index (κ3) is 4.35. The van der Waals surface area contributed by atoms with Gasteiger partial charge in [-0.25, -0.2) is 0 Å². The fourth-order valence-electron chi connectivity index (χ4n) is 2.51. The van der Waals surface area contributed by atoms with Crippen LogP contribution in [0.4, 0.5) is 5.69 Å². The summed E-state index contributed by atoms with van der Waals surface area (Å²) in [5, 5.41) is 15.3. The molecule has 1 aliphatic carbocycles. The van der Waals surface area contributed by atoms with E-state index in [9.17, 15) is 14.7 Å². The highest BCUT2D eigenvalue weighted by atomic mass is 35.5. The van der Waals surface area contributed by atoms with Gasteiger partial charge in [-0.1, -0.05) is 42.1 Å². The maximum Gasteiger partial charge on any atom is 0.313 e. The fourth-order valence-corrected chi connectivity index (χ4v) is 2.86. The first kappa shape index (κ1) is 17.1. The minimum atomic E-state index is -0.811. The summed E-state index contributed by atoms with van der Waals surface area (Å²) in [7, 11) is 0. The van der Waals surface area contributed by atoms with E-state index in [1.54, 1.807) is 18.2 Å². The number of carbonyl (C=O) groups excluding carboxylic acids is 2. The molecular formula is C15H18Cl2N2O3. The van der Waals surface area contributed by atoms with E-state index in [0.29, 0.717) is 5.02 Å². The summed E-state index contributed by atoms with van der Waals surface area (Å²) in [5.41, 5.74) is 0.284. The van der Waals surface area contributed by atoms with Crippen molar-refractivity contribution in [2.24, 2.45) is 5.92 Å². The number of anilines is 1. The molecule has 0 saturated heterocycles. The summed E-state index contributed by atoms with van der Waals surface area (Å²) in [4.78, 5) is 23.7. The van der Waals surface area contributed by atoms with Crippen molar-refractivity contribution in [3.8, 4) is 0 Å². The maximum atomic E-state index is 11.8. The zero-order chi connectivity index (χ0) is 16.1. The number of halogens is 2. The van der Waals surface area contributed by atoms with E-state index < -0.39 is 17.9 Å². The first-order chi connectivity index (χ1) is 10.5. The van der Waals surface area contributed by atoms with E-state index >= 15 is 0 Å². The smallest absolute Gasteiger partial charge is 0.313 e. The Morgan fingerprint density at radius 1 is 1.18 bits per heavy atom. The van der Waals surface area contributed by atoms with Crippen molar-refractivity contribution >= 4 is 40.7 Å². The summed E-state index contributed by atoms with van der Waals surface area (Å²) < 4.78 is 0. The Hall–Kier alpha value is -1.30. The average Bonchev–Trinajstić information content (AvgIpc) is 2.50. The first-order valence-electron chi connectivity index (χ1n) is 7.20. The second-order valence-electron chi connectivity index (χ2n) is 5.38. The van der Waals surface area contributed by atoms with Crippen LogP contribution < -0.4 is 10.6 Å². The molecule has 0 bridgehead atoms. The van der Waals surface area contributed by atoms with Gasteiger partial charge in [0.15, 0.2) is 0 Å². The Morgan fingerprint density at radius 2 is 1.91 bits per heavy atom. The lowest BCUT2D eigenvalue weighted by molar-refractivity contribution is -0.136. The predicted molar refractivity (Wildman–Crippen MR) is 86.1 cm³/mol. The number of aliphatic hydroxyl groups is 1. The SMILES string of the molecule is O=C(NC[C@@H]1CCCC[C@@H]1O)C(=O)Nc1cccc(Cl)c1Cl. The average molecular weight is 345 g/mol. The second kappa shape index (κ2) is 7.81. The number of aliphatic hydroxyl groups excluding tert-OH is 1. The van der Waals surface area contributed by atoms with Crippen molar-refractivity contribution in [2.45, 2.75) is 31.8 Å².